The summed E-state index contributed by atoms with van der Waals surface area (Å²) < 4.78 is 35.6. The second-order valence-corrected chi connectivity index (χ2v) is 8.44. The normalized spacial score (nSPS) is 19.6. The second-order valence-electron chi connectivity index (χ2n) is 6.58. The van der Waals surface area contributed by atoms with Crippen LogP contribution in [-0.2, 0) is 17.1 Å². The minimum Gasteiger partial charge on any atom is -0.495 e. The van der Waals surface area contributed by atoms with Crippen LogP contribution in [0.25, 0.3) is 0 Å². The molecule has 7 heteroatoms. The number of aromatic nitrogens is 2. The van der Waals surface area contributed by atoms with Gasteiger partial charge in [0.1, 0.15) is 10.6 Å². The van der Waals surface area contributed by atoms with Crippen LogP contribution in [0.2, 0.25) is 0 Å². The molecule has 1 saturated heterocycles. The zero-order chi connectivity index (χ0) is 18.0. The summed E-state index contributed by atoms with van der Waals surface area (Å²) >= 11 is 0. The van der Waals surface area contributed by atoms with Crippen molar-refractivity contribution in [2.24, 2.45) is 7.05 Å². The number of methoxy groups -OCH3 is 1. The summed E-state index contributed by atoms with van der Waals surface area (Å²) in [5, 5.41) is 4.23. The van der Waals surface area contributed by atoms with Gasteiger partial charge in [0.2, 0.25) is 10.0 Å². The van der Waals surface area contributed by atoms with Crippen LogP contribution < -0.4 is 4.74 Å². The van der Waals surface area contributed by atoms with Gasteiger partial charge in [-0.05, 0) is 37.5 Å². The Morgan fingerprint density at radius 1 is 1.24 bits per heavy atom. The summed E-state index contributed by atoms with van der Waals surface area (Å²) in [6.07, 6.45) is 7.39. The van der Waals surface area contributed by atoms with Gasteiger partial charge < -0.3 is 4.74 Å². The van der Waals surface area contributed by atoms with E-state index in [9.17, 15) is 8.42 Å². The Morgan fingerprint density at radius 2 is 2.04 bits per heavy atom. The fraction of sp³-hybridized carbons (Fsp3) is 0.500. The third kappa shape index (κ3) is 3.57. The molecular weight excluding hydrogens is 338 g/mol. The molecular formula is C18H25N3O3S. The Morgan fingerprint density at radius 3 is 2.72 bits per heavy atom. The van der Waals surface area contributed by atoms with Gasteiger partial charge in [0, 0.05) is 25.4 Å². The number of hydrogen-bond donors (Lipinski definition) is 0. The molecule has 0 amide bonds. The number of nitrogens with zero attached hydrogens (tertiary/aromatic N) is 3. The Balaban J connectivity index is 2.08. The molecule has 1 fully saturated rings. The highest BCUT2D eigenvalue weighted by Gasteiger charge is 2.35. The number of sulfonamides is 1. The lowest BCUT2D eigenvalue weighted by atomic mass is 10.1. The van der Waals surface area contributed by atoms with E-state index in [0.29, 0.717) is 12.3 Å². The summed E-state index contributed by atoms with van der Waals surface area (Å²) in [6.45, 7) is 2.40. The van der Waals surface area contributed by atoms with Crippen molar-refractivity contribution in [3.8, 4) is 5.75 Å². The smallest absolute Gasteiger partial charge is 0.247 e. The van der Waals surface area contributed by atoms with Crippen LogP contribution in [0, 0.1) is 6.92 Å². The van der Waals surface area contributed by atoms with Crippen LogP contribution in [0.1, 0.15) is 42.9 Å². The van der Waals surface area contributed by atoms with Crippen molar-refractivity contribution in [2.45, 2.75) is 43.5 Å². The molecule has 1 aromatic heterocycles. The van der Waals surface area contributed by atoms with E-state index in [4.69, 9.17) is 4.74 Å². The van der Waals surface area contributed by atoms with Crippen LogP contribution in [0.4, 0.5) is 0 Å². The molecule has 3 rings (SSSR count). The van der Waals surface area contributed by atoms with E-state index < -0.39 is 10.0 Å². The molecule has 2 aromatic rings. The molecule has 2 heterocycles. The van der Waals surface area contributed by atoms with E-state index >= 15 is 0 Å². The number of aryl methyl sites for hydroxylation is 2. The topological polar surface area (TPSA) is 64.4 Å². The molecule has 1 aliphatic rings. The Labute approximate surface area is 149 Å². The Kier molecular flexibility index (Phi) is 5.15. The summed E-state index contributed by atoms with van der Waals surface area (Å²) in [7, 11) is -0.313. The lowest BCUT2D eigenvalue weighted by molar-refractivity contribution is 0.325. The van der Waals surface area contributed by atoms with E-state index in [1.807, 2.05) is 26.2 Å². The van der Waals surface area contributed by atoms with Crippen LogP contribution in [-0.4, -0.2) is 36.2 Å². The van der Waals surface area contributed by atoms with Gasteiger partial charge in [-0.2, -0.15) is 9.40 Å². The molecule has 0 spiro atoms. The molecule has 1 aliphatic heterocycles. The van der Waals surface area contributed by atoms with Gasteiger partial charge in [-0.1, -0.05) is 18.9 Å². The molecule has 0 unspecified atom stereocenters. The highest BCUT2D eigenvalue weighted by atomic mass is 32.2. The van der Waals surface area contributed by atoms with E-state index in [1.54, 1.807) is 27.3 Å². The number of hydrogen-bond acceptors (Lipinski definition) is 4. The zero-order valence-corrected chi connectivity index (χ0v) is 15.8. The van der Waals surface area contributed by atoms with Crippen molar-refractivity contribution < 1.29 is 13.2 Å². The van der Waals surface area contributed by atoms with Gasteiger partial charge in [0.05, 0.1) is 19.3 Å². The van der Waals surface area contributed by atoms with Crippen LogP contribution in [0.5, 0.6) is 5.75 Å². The first-order chi connectivity index (χ1) is 11.9. The third-order valence-corrected chi connectivity index (χ3v) is 6.65. The van der Waals surface area contributed by atoms with Crippen molar-refractivity contribution in [1.82, 2.24) is 14.1 Å². The molecule has 136 valence electrons. The minimum atomic E-state index is -3.67. The second kappa shape index (κ2) is 7.17. The van der Waals surface area contributed by atoms with Gasteiger partial charge in [-0.25, -0.2) is 8.42 Å². The van der Waals surface area contributed by atoms with Gasteiger partial charge in [0.25, 0.3) is 0 Å². The highest BCUT2D eigenvalue weighted by molar-refractivity contribution is 7.89. The van der Waals surface area contributed by atoms with Gasteiger partial charge in [-0.3, -0.25) is 4.68 Å². The van der Waals surface area contributed by atoms with Gasteiger partial charge in [0.15, 0.2) is 0 Å². The van der Waals surface area contributed by atoms with Crippen molar-refractivity contribution in [1.29, 1.82) is 0 Å². The van der Waals surface area contributed by atoms with E-state index in [2.05, 4.69) is 5.10 Å². The highest BCUT2D eigenvalue weighted by Crippen LogP contribution is 2.37. The average molecular weight is 363 g/mol. The summed E-state index contributed by atoms with van der Waals surface area (Å²) in [5.41, 5.74) is 1.84. The quantitative estimate of drug-likeness (QED) is 0.837. The molecule has 1 aromatic carbocycles. The number of rotatable bonds is 4. The molecule has 6 nitrogen and oxygen atoms in total. The van der Waals surface area contributed by atoms with E-state index in [0.717, 1.165) is 36.8 Å². The maximum atomic E-state index is 13.5. The molecule has 0 N–H and O–H groups in total. The monoisotopic (exact) mass is 363 g/mol. The van der Waals surface area contributed by atoms with Crippen molar-refractivity contribution in [2.75, 3.05) is 13.7 Å². The fourth-order valence-electron chi connectivity index (χ4n) is 3.43. The minimum absolute atomic E-state index is 0.189. The number of ether oxygens (including phenoxy) is 1. The van der Waals surface area contributed by atoms with Crippen LogP contribution >= 0.6 is 0 Å². The Bertz CT molecular complexity index is 845. The van der Waals surface area contributed by atoms with E-state index in [1.165, 1.54) is 7.11 Å². The van der Waals surface area contributed by atoms with Gasteiger partial charge in [-0.15, -0.1) is 0 Å². The summed E-state index contributed by atoms with van der Waals surface area (Å²) in [4.78, 5) is 0.241. The molecule has 0 aliphatic carbocycles. The molecule has 0 saturated carbocycles. The number of benzene rings is 1. The maximum Gasteiger partial charge on any atom is 0.247 e. The lowest BCUT2D eigenvalue weighted by Gasteiger charge is -2.29. The largest absolute Gasteiger partial charge is 0.495 e. The van der Waals surface area contributed by atoms with Crippen molar-refractivity contribution >= 4 is 10.0 Å². The summed E-state index contributed by atoms with van der Waals surface area (Å²) in [5.74, 6) is 0.389. The first-order valence-electron chi connectivity index (χ1n) is 8.58. The first kappa shape index (κ1) is 17.9. The molecule has 0 bridgehead atoms. The summed E-state index contributed by atoms with van der Waals surface area (Å²) in [6, 6.07) is 5.09. The van der Waals surface area contributed by atoms with Crippen LogP contribution in [0.15, 0.2) is 35.5 Å². The van der Waals surface area contributed by atoms with E-state index in [-0.39, 0.29) is 10.9 Å². The fourth-order valence-corrected chi connectivity index (χ4v) is 5.35. The van der Waals surface area contributed by atoms with Crippen LogP contribution in [0.3, 0.4) is 0 Å². The predicted molar refractivity (Wildman–Crippen MR) is 96.0 cm³/mol. The van der Waals surface area contributed by atoms with Crippen molar-refractivity contribution in [3.05, 3.63) is 41.7 Å². The SMILES string of the molecule is COc1ccc(C)cc1S(=O)(=O)N1CCCCC[C@H]1c1cnn(C)c1. The standard InChI is InChI=1S/C18H25N3O3S/c1-14-8-9-17(24-3)18(11-14)25(22,23)21-10-6-4-5-7-16(21)15-12-19-20(2)13-15/h8-9,11-13,16H,4-7,10H2,1-3H3/t16-/m0/s1. The Hall–Kier alpha value is -1.86. The molecule has 25 heavy (non-hydrogen) atoms. The lowest BCUT2D eigenvalue weighted by Crippen LogP contribution is -2.35. The van der Waals surface area contributed by atoms with Crippen molar-refractivity contribution in [3.63, 3.8) is 0 Å². The first-order valence-corrected chi connectivity index (χ1v) is 10.0. The predicted octanol–water partition coefficient (Wildman–Crippen LogP) is 3.04. The third-order valence-electron chi connectivity index (χ3n) is 4.72. The average Bonchev–Trinajstić information content (AvgIpc) is 2.86. The molecule has 1 atom stereocenters. The maximum absolute atomic E-state index is 13.5. The zero-order valence-electron chi connectivity index (χ0n) is 15.0. The van der Waals surface area contributed by atoms with Gasteiger partial charge >= 0.3 is 0 Å². The molecule has 0 radical (unpaired) electrons.